The van der Waals surface area contributed by atoms with Gasteiger partial charge in [-0.3, -0.25) is 0 Å². The number of rotatable bonds is 5. The van der Waals surface area contributed by atoms with Crippen molar-refractivity contribution in [1.29, 1.82) is 0 Å². The van der Waals surface area contributed by atoms with Gasteiger partial charge in [0.1, 0.15) is 11.7 Å². The molecule has 0 saturated carbocycles. The molecular weight excluding hydrogens is 324 g/mol. The third kappa shape index (κ3) is 3.18. The number of nitrogens with zero attached hydrogens (tertiary/aromatic N) is 3. The highest BCUT2D eigenvalue weighted by atomic mass is 32.2. The second-order valence-corrected chi connectivity index (χ2v) is 7.86. The molecule has 0 unspecified atom stereocenters. The van der Waals surface area contributed by atoms with Gasteiger partial charge in [0.05, 0.1) is 10.4 Å². The van der Waals surface area contributed by atoms with Gasteiger partial charge in [-0.1, -0.05) is 48.9 Å². The zero-order valence-corrected chi connectivity index (χ0v) is 14.7. The number of para-hydroxylation sites is 1. The number of aryl methyl sites for hydroxylation is 1. The van der Waals surface area contributed by atoms with Crippen LogP contribution in [0.3, 0.4) is 0 Å². The van der Waals surface area contributed by atoms with Crippen LogP contribution < -0.4 is 4.72 Å². The van der Waals surface area contributed by atoms with E-state index in [2.05, 4.69) is 15.0 Å². The molecule has 1 aromatic heterocycles. The molecule has 126 valence electrons. The topological polar surface area (TPSA) is 76.9 Å². The molecule has 3 rings (SSSR count). The minimum Gasteiger partial charge on any atom is -0.226 e. The van der Waals surface area contributed by atoms with Crippen molar-refractivity contribution in [3.05, 3.63) is 54.1 Å². The standard InChI is InChI=1S/C17H20N4O2S/c1-12(2)17(21-16-7-5-4-6-15(16)18-20-21)19-24(22,23)14-10-8-13(3)9-11-14/h4-12,17,19H,1-3H3/t17-/m1/s1. The van der Waals surface area contributed by atoms with Gasteiger partial charge in [-0.05, 0) is 37.1 Å². The Morgan fingerprint density at radius 3 is 2.38 bits per heavy atom. The van der Waals surface area contributed by atoms with Crippen molar-refractivity contribution in [2.24, 2.45) is 5.92 Å². The fourth-order valence-corrected chi connectivity index (χ4v) is 3.83. The van der Waals surface area contributed by atoms with Crippen LogP contribution in [-0.4, -0.2) is 23.4 Å². The van der Waals surface area contributed by atoms with Crippen molar-refractivity contribution < 1.29 is 8.42 Å². The van der Waals surface area contributed by atoms with Gasteiger partial charge >= 0.3 is 0 Å². The number of aromatic nitrogens is 3. The van der Waals surface area contributed by atoms with Gasteiger partial charge < -0.3 is 0 Å². The summed E-state index contributed by atoms with van der Waals surface area (Å²) >= 11 is 0. The van der Waals surface area contributed by atoms with Crippen LogP contribution in [0.1, 0.15) is 25.6 Å². The summed E-state index contributed by atoms with van der Waals surface area (Å²) in [7, 11) is -3.65. The zero-order chi connectivity index (χ0) is 17.3. The van der Waals surface area contributed by atoms with Crippen molar-refractivity contribution in [2.75, 3.05) is 0 Å². The molecular formula is C17H20N4O2S. The van der Waals surface area contributed by atoms with Crippen molar-refractivity contribution in [1.82, 2.24) is 19.7 Å². The molecule has 0 aliphatic heterocycles. The lowest BCUT2D eigenvalue weighted by atomic mass is 10.1. The van der Waals surface area contributed by atoms with Crippen LogP contribution in [0.4, 0.5) is 0 Å². The molecule has 3 aromatic rings. The Morgan fingerprint density at radius 2 is 1.71 bits per heavy atom. The summed E-state index contributed by atoms with van der Waals surface area (Å²) in [5.74, 6) is -0.00432. The quantitative estimate of drug-likeness (QED) is 0.772. The molecule has 1 heterocycles. The van der Waals surface area contributed by atoms with E-state index in [-0.39, 0.29) is 10.8 Å². The molecule has 7 heteroatoms. The molecule has 0 amide bonds. The molecule has 0 fully saturated rings. The number of hydrogen-bond donors (Lipinski definition) is 1. The molecule has 0 saturated heterocycles. The molecule has 1 atom stereocenters. The molecule has 24 heavy (non-hydrogen) atoms. The maximum absolute atomic E-state index is 12.7. The Hall–Kier alpha value is -2.25. The molecule has 0 aliphatic rings. The first-order valence-corrected chi connectivity index (χ1v) is 9.26. The highest BCUT2D eigenvalue weighted by Gasteiger charge is 2.26. The minimum absolute atomic E-state index is 0.00432. The van der Waals surface area contributed by atoms with Crippen molar-refractivity contribution >= 4 is 21.1 Å². The zero-order valence-electron chi connectivity index (χ0n) is 13.8. The Labute approximate surface area is 141 Å². The van der Waals surface area contributed by atoms with Crippen LogP contribution in [0.5, 0.6) is 0 Å². The molecule has 0 radical (unpaired) electrons. The first-order chi connectivity index (χ1) is 11.4. The number of sulfonamides is 1. The highest BCUT2D eigenvalue weighted by Crippen LogP contribution is 2.22. The van der Waals surface area contributed by atoms with Gasteiger partial charge in [-0.15, -0.1) is 5.10 Å². The van der Waals surface area contributed by atoms with Gasteiger partial charge in [-0.2, -0.15) is 4.72 Å². The Balaban J connectivity index is 1.99. The van der Waals surface area contributed by atoms with Crippen LogP contribution in [-0.2, 0) is 10.0 Å². The third-order valence-electron chi connectivity index (χ3n) is 3.88. The Kier molecular flexibility index (Phi) is 4.38. The van der Waals surface area contributed by atoms with E-state index in [1.54, 1.807) is 28.9 Å². The maximum atomic E-state index is 12.7. The fourth-order valence-electron chi connectivity index (χ4n) is 2.51. The summed E-state index contributed by atoms with van der Waals surface area (Å²) in [4.78, 5) is 0.239. The first kappa shape index (κ1) is 16.6. The van der Waals surface area contributed by atoms with E-state index in [0.717, 1.165) is 16.6 Å². The number of fused-ring (bicyclic) bond motifs is 1. The number of benzene rings is 2. The van der Waals surface area contributed by atoms with Gasteiger partial charge in [0.2, 0.25) is 10.0 Å². The monoisotopic (exact) mass is 344 g/mol. The van der Waals surface area contributed by atoms with E-state index in [0.29, 0.717) is 0 Å². The predicted octanol–water partition coefficient (Wildman–Crippen LogP) is 2.87. The van der Waals surface area contributed by atoms with Crippen LogP contribution in [0.25, 0.3) is 11.0 Å². The molecule has 0 bridgehead atoms. The first-order valence-electron chi connectivity index (χ1n) is 7.77. The largest absolute Gasteiger partial charge is 0.242 e. The summed E-state index contributed by atoms with van der Waals surface area (Å²) in [6.45, 7) is 5.81. The van der Waals surface area contributed by atoms with Gasteiger partial charge in [0.15, 0.2) is 0 Å². The molecule has 2 aromatic carbocycles. The fraction of sp³-hybridized carbons (Fsp3) is 0.294. The Bertz CT molecular complexity index is 946. The smallest absolute Gasteiger partial charge is 0.226 e. The SMILES string of the molecule is Cc1ccc(S(=O)(=O)N[C@@H](C(C)C)n2nnc3ccccc32)cc1. The van der Waals surface area contributed by atoms with Crippen molar-refractivity contribution in [3.8, 4) is 0 Å². The lowest BCUT2D eigenvalue weighted by molar-refractivity contribution is 0.328. The van der Waals surface area contributed by atoms with Gasteiger partial charge in [0.25, 0.3) is 0 Å². The average molecular weight is 344 g/mol. The highest BCUT2D eigenvalue weighted by molar-refractivity contribution is 7.89. The average Bonchev–Trinajstić information content (AvgIpc) is 2.96. The molecule has 0 aliphatic carbocycles. The van der Waals surface area contributed by atoms with E-state index < -0.39 is 16.2 Å². The Morgan fingerprint density at radius 1 is 1.04 bits per heavy atom. The van der Waals surface area contributed by atoms with E-state index in [1.165, 1.54) is 0 Å². The predicted molar refractivity (Wildman–Crippen MR) is 92.9 cm³/mol. The summed E-state index contributed by atoms with van der Waals surface area (Å²) < 4.78 is 29.8. The van der Waals surface area contributed by atoms with Crippen LogP contribution >= 0.6 is 0 Å². The molecule has 6 nitrogen and oxygen atoms in total. The summed E-state index contributed by atoms with van der Waals surface area (Å²) in [5.41, 5.74) is 2.54. The van der Waals surface area contributed by atoms with E-state index >= 15 is 0 Å². The van der Waals surface area contributed by atoms with Gasteiger partial charge in [0, 0.05) is 0 Å². The van der Waals surface area contributed by atoms with E-state index in [9.17, 15) is 8.42 Å². The summed E-state index contributed by atoms with van der Waals surface area (Å²) in [5, 5.41) is 8.26. The maximum Gasteiger partial charge on any atom is 0.242 e. The van der Waals surface area contributed by atoms with Crippen LogP contribution in [0.2, 0.25) is 0 Å². The normalized spacial score (nSPS) is 13.5. The number of hydrogen-bond acceptors (Lipinski definition) is 4. The molecule has 0 spiro atoms. The summed E-state index contributed by atoms with van der Waals surface area (Å²) in [6.07, 6.45) is -0.524. The second kappa shape index (κ2) is 6.33. The van der Waals surface area contributed by atoms with Crippen LogP contribution in [0, 0.1) is 12.8 Å². The molecule has 1 N–H and O–H groups in total. The van der Waals surface area contributed by atoms with Crippen LogP contribution in [0.15, 0.2) is 53.4 Å². The van der Waals surface area contributed by atoms with Gasteiger partial charge in [-0.25, -0.2) is 13.1 Å². The number of nitrogens with one attached hydrogen (secondary N) is 1. The lowest BCUT2D eigenvalue weighted by Gasteiger charge is -2.23. The van der Waals surface area contributed by atoms with E-state index in [1.807, 2.05) is 45.0 Å². The lowest BCUT2D eigenvalue weighted by Crippen LogP contribution is -2.36. The third-order valence-corrected chi connectivity index (χ3v) is 5.32. The minimum atomic E-state index is -3.65. The second-order valence-electron chi connectivity index (χ2n) is 6.15. The summed E-state index contributed by atoms with van der Waals surface area (Å²) in [6, 6.07) is 14.3. The van der Waals surface area contributed by atoms with Crippen molar-refractivity contribution in [2.45, 2.75) is 31.8 Å². The van der Waals surface area contributed by atoms with E-state index in [4.69, 9.17) is 0 Å². The van der Waals surface area contributed by atoms with Crippen molar-refractivity contribution in [3.63, 3.8) is 0 Å².